The molecule has 0 spiro atoms. The third-order valence-electron chi connectivity index (χ3n) is 15.0. The van der Waals surface area contributed by atoms with E-state index in [0.717, 1.165) is 31.5 Å². The number of allylic oxidation sites excluding steroid dienone is 1. The molecule has 6 nitrogen and oxygen atoms in total. The van der Waals surface area contributed by atoms with Crippen LogP contribution < -0.4 is 0 Å². The SMILES string of the molecule is C=C(C)[C@@H]1CC[C@]2(COC(C)=O)CC[C@]3(C)[C@H](CCC4[C@@]5(C)CC[C@H](c6nccn6C(=O)O)C(C)(C)[C@@H]5CC[C@]43C)[C@@H]12. The second kappa shape index (κ2) is 9.69. The average molecular weight is 579 g/mol. The van der Waals surface area contributed by atoms with Crippen LogP contribution in [-0.2, 0) is 9.53 Å². The predicted molar refractivity (Wildman–Crippen MR) is 164 cm³/mol. The first-order valence-electron chi connectivity index (χ1n) is 16.7. The highest BCUT2D eigenvalue weighted by Gasteiger charge is 2.71. The number of imidazole rings is 1. The van der Waals surface area contributed by atoms with E-state index in [0.29, 0.717) is 36.2 Å². The quantitative estimate of drug-likeness (QED) is 0.285. The lowest BCUT2D eigenvalue weighted by atomic mass is 9.32. The lowest BCUT2D eigenvalue weighted by molar-refractivity contribution is -0.242. The van der Waals surface area contributed by atoms with E-state index in [2.05, 4.69) is 53.1 Å². The fraction of sp³-hybridized carbons (Fsp3) is 0.806. The van der Waals surface area contributed by atoms with E-state index in [9.17, 15) is 14.7 Å². The van der Waals surface area contributed by atoms with E-state index in [1.807, 2.05) is 0 Å². The molecule has 1 aromatic rings. The van der Waals surface area contributed by atoms with Crippen molar-refractivity contribution in [2.24, 2.45) is 56.7 Å². The Morgan fingerprint density at radius 2 is 1.69 bits per heavy atom. The van der Waals surface area contributed by atoms with Crippen LogP contribution in [0.5, 0.6) is 0 Å². The molecule has 6 rings (SSSR count). The topological polar surface area (TPSA) is 81.4 Å². The summed E-state index contributed by atoms with van der Waals surface area (Å²) in [6, 6.07) is 0. The number of carbonyl (C=O) groups excluding carboxylic acids is 1. The average Bonchev–Trinajstić information content (AvgIpc) is 3.53. The summed E-state index contributed by atoms with van der Waals surface area (Å²) in [5.74, 6) is 3.58. The highest BCUT2D eigenvalue weighted by Crippen LogP contribution is 2.78. The second-order valence-corrected chi connectivity index (χ2v) is 16.7. The Kier molecular flexibility index (Phi) is 6.91. The Hall–Kier alpha value is -2.11. The number of nitrogens with zero attached hydrogens (tertiary/aromatic N) is 2. The van der Waals surface area contributed by atoms with Crippen LogP contribution in [0.3, 0.4) is 0 Å². The van der Waals surface area contributed by atoms with Gasteiger partial charge in [0, 0.05) is 30.7 Å². The van der Waals surface area contributed by atoms with Gasteiger partial charge in [-0.3, -0.25) is 4.79 Å². The van der Waals surface area contributed by atoms with Crippen molar-refractivity contribution in [3.63, 3.8) is 0 Å². The molecule has 6 heteroatoms. The lowest BCUT2D eigenvalue weighted by Crippen LogP contribution is -2.66. The van der Waals surface area contributed by atoms with Crippen molar-refractivity contribution in [3.05, 3.63) is 30.4 Å². The number of hydrogen-bond donors (Lipinski definition) is 1. The maximum Gasteiger partial charge on any atom is 0.417 e. The van der Waals surface area contributed by atoms with Gasteiger partial charge in [-0.25, -0.2) is 14.3 Å². The summed E-state index contributed by atoms with van der Waals surface area (Å²) in [4.78, 5) is 28.6. The monoisotopic (exact) mass is 578 g/mol. The third-order valence-corrected chi connectivity index (χ3v) is 15.0. The van der Waals surface area contributed by atoms with E-state index < -0.39 is 6.09 Å². The smallest absolute Gasteiger partial charge is 0.417 e. The van der Waals surface area contributed by atoms with Gasteiger partial charge in [0.1, 0.15) is 5.82 Å². The minimum absolute atomic E-state index is 0.0348. The molecule has 42 heavy (non-hydrogen) atoms. The van der Waals surface area contributed by atoms with Crippen molar-refractivity contribution >= 4 is 12.1 Å². The molecule has 5 aliphatic rings. The van der Waals surface area contributed by atoms with E-state index in [4.69, 9.17) is 4.74 Å². The number of rotatable bonds is 4. The maximum absolute atomic E-state index is 12.0. The predicted octanol–water partition coefficient (Wildman–Crippen LogP) is 8.71. The molecule has 0 amide bonds. The summed E-state index contributed by atoms with van der Waals surface area (Å²) in [6.45, 7) is 21.6. The summed E-state index contributed by atoms with van der Waals surface area (Å²) in [6.07, 6.45) is 14.1. The fourth-order valence-electron chi connectivity index (χ4n) is 13.0. The summed E-state index contributed by atoms with van der Waals surface area (Å²) < 4.78 is 7.18. The number of aromatic nitrogens is 2. The van der Waals surface area contributed by atoms with Gasteiger partial charge < -0.3 is 9.84 Å². The van der Waals surface area contributed by atoms with Gasteiger partial charge >= 0.3 is 12.1 Å². The first kappa shape index (κ1) is 29.9. The van der Waals surface area contributed by atoms with Crippen molar-refractivity contribution in [2.75, 3.05) is 6.61 Å². The molecular formula is C36H54N2O4. The van der Waals surface area contributed by atoms with Crippen LogP contribution in [0.15, 0.2) is 24.5 Å². The van der Waals surface area contributed by atoms with E-state index in [1.165, 1.54) is 48.7 Å². The molecule has 0 bridgehead atoms. The zero-order chi connectivity index (χ0) is 30.5. The molecule has 5 fully saturated rings. The van der Waals surface area contributed by atoms with Gasteiger partial charge in [-0.2, -0.15) is 0 Å². The van der Waals surface area contributed by atoms with Crippen molar-refractivity contribution in [2.45, 2.75) is 119 Å². The second-order valence-electron chi connectivity index (χ2n) is 16.7. The molecule has 0 saturated heterocycles. The Morgan fingerprint density at radius 3 is 2.36 bits per heavy atom. The number of carboxylic acid groups (broad SMARTS) is 1. The molecule has 0 aromatic carbocycles. The van der Waals surface area contributed by atoms with Crippen molar-refractivity contribution < 1.29 is 19.4 Å². The van der Waals surface area contributed by atoms with Gasteiger partial charge in [0.15, 0.2) is 0 Å². The molecule has 0 radical (unpaired) electrons. The Labute approximate surface area is 253 Å². The van der Waals surface area contributed by atoms with E-state index in [1.54, 1.807) is 19.3 Å². The molecule has 1 aromatic heterocycles. The molecule has 5 aliphatic carbocycles. The first-order chi connectivity index (χ1) is 19.6. The molecule has 1 heterocycles. The number of carbonyl (C=O) groups is 2. The van der Waals surface area contributed by atoms with Crippen molar-refractivity contribution in [1.29, 1.82) is 0 Å². The van der Waals surface area contributed by atoms with Crippen LogP contribution >= 0.6 is 0 Å². The summed E-state index contributed by atoms with van der Waals surface area (Å²) in [5, 5.41) is 9.85. The largest absolute Gasteiger partial charge is 0.465 e. The van der Waals surface area contributed by atoms with Gasteiger partial charge in [0.2, 0.25) is 0 Å². The number of fused-ring (bicyclic) bond motifs is 7. The number of hydrogen-bond acceptors (Lipinski definition) is 4. The fourth-order valence-corrected chi connectivity index (χ4v) is 13.0. The molecule has 10 atom stereocenters. The first-order valence-corrected chi connectivity index (χ1v) is 16.7. The maximum atomic E-state index is 12.0. The zero-order valence-corrected chi connectivity index (χ0v) is 27.2. The van der Waals surface area contributed by atoms with Crippen LogP contribution in [0, 0.1) is 56.7 Å². The molecule has 232 valence electrons. The van der Waals surface area contributed by atoms with E-state index in [-0.39, 0.29) is 39.0 Å². The van der Waals surface area contributed by atoms with Crippen LogP contribution in [0.25, 0.3) is 0 Å². The zero-order valence-electron chi connectivity index (χ0n) is 27.2. The van der Waals surface area contributed by atoms with Crippen molar-refractivity contribution in [3.8, 4) is 0 Å². The minimum Gasteiger partial charge on any atom is -0.465 e. The van der Waals surface area contributed by atoms with Crippen LogP contribution in [-0.4, -0.2) is 33.3 Å². The van der Waals surface area contributed by atoms with Gasteiger partial charge in [-0.15, -0.1) is 0 Å². The van der Waals surface area contributed by atoms with Crippen LogP contribution in [0.1, 0.15) is 124 Å². The van der Waals surface area contributed by atoms with Gasteiger partial charge in [-0.1, -0.05) is 46.8 Å². The molecular weight excluding hydrogens is 524 g/mol. The van der Waals surface area contributed by atoms with Gasteiger partial charge in [-0.05, 0) is 122 Å². The Morgan fingerprint density at radius 1 is 0.952 bits per heavy atom. The van der Waals surface area contributed by atoms with Crippen LogP contribution in [0.4, 0.5) is 4.79 Å². The lowest BCUT2D eigenvalue weighted by Gasteiger charge is -2.73. The highest BCUT2D eigenvalue weighted by atomic mass is 16.5. The number of ether oxygens (including phenoxy) is 1. The Balaban J connectivity index is 1.34. The molecule has 1 N–H and O–H groups in total. The highest BCUT2D eigenvalue weighted by molar-refractivity contribution is 5.68. The molecule has 0 aliphatic heterocycles. The summed E-state index contributed by atoms with van der Waals surface area (Å²) >= 11 is 0. The normalized spacial score (nSPS) is 45.6. The van der Waals surface area contributed by atoms with Crippen molar-refractivity contribution in [1.82, 2.24) is 9.55 Å². The van der Waals surface area contributed by atoms with Gasteiger partial charge in [0.25, 0.3) is 0 Å². The third kappa shape index (κ3) is 3.91. The number of esters is 1. The molecule has 5 saturated carbocycles. The molecule has 1 unspecified atom stereocenters. The van der Waals surface area contributed by atoms with E-state index >= 15 is 0 Å². The Bertz CT molecular complexity index is 1280. The summed E-state index contributed by atoms with van der Waals surface area (Å²) in [7, 11) is 0. The van der Waals surface area contributed by atoms with Gasteiger partial charge in [0.05, 0.1) is 6.61 Å². The summed E-state index contributed by atoms with van der Waals surface area (Å²) in [5.41, 5.74) is 2.09. The van der Waals surface area contributed by atoms with Crippen LogP contribution in [0.2, 0.25) is 0 Å². The standard InChI is InChI=1S/C36H54N2O4/c1-22(2)24-11-16-36(21-42-23(3)39)18-17-34(7)25(29(24)36)9-10-28-33(6)14-12-26(30-37-19-20-38(30)31(40)41)32(4,5)27(33)13-15-35(28,34)8/h19-20,24-29H,1,9-18,21H2,2-8H3,(H,40,41)/t24-,25+,26+,27-,28?,29+,33-,34+,35+,36+/m0/s1. The minimum atomic E-state index is -0.934.